The molecule has 6 nitrogen and oxygen atoms in total. The zero-order chi connectivity index (χ0) is 16.2. The van der Waals surface area contributed by atoms with Gasteiger partial charge in [0, 0.05) is 11.0 Å². The van der Waals surface area contributed by atoms with Crippen molar-refractivity contribution in [3.8, 4) is 28.8 Å². The van der Waals surface area contributed by atoms with Crippen LogP contribution in [0.5, 0.6) is 11.5 Å². The molecule has 1 aliphatic heterocycles. The van der Waals surface area contributed by atoms with Crippen LogP contribution in [0.1, 0.15) is 31.5 Å². The number of ether oxygens (including phenoxy) is 2. The van der Waals surface area contributed by atoms with Crippen molar-refractivity contribution in [2.45, 2.75) is 26.2 Å². The fourth-order valence-corrected chi connectivity index (χ4v) is 3.35. The first-order valence-electron chi connectivity index (χ1n) is 7.17. The second kappa shape index (κ2) is 4.70. The maximum atomic E-state index is 9.57. The fraction of sp³-hybridized carbons (Fsp3) is 0.312. The van der Waals surface area contributed by atoms with E-state index >= 15 is 0 Å². The molecule has 1 aromatic carbocycles. The first-order chi connectivity index (χ1) is 11.0. The molecule has 116 valence electrons. The summed E-state index contributed by atoms with van der Waals surface area (Å²) in [4.78, 5) is 5.33. The van der Waals surface area contributed by atoms with E-state index in [1.807, 2.05) is 18.2 Å². The van der Waals surface area contributed by atoms with Gasteiger partial charge in [-0.05, 0) is 18.2 Å². The lowest BCUT2D eigenvalue weighted by Crippen LogP contribution is -2.11. The van der Waals surface area contributed by atoms with Gasteiger partial charge in [0.1, 0.15) is 16.8 Å². The second-order valence-corrected chi connectivity index (χ2v) is 7.30. The summed E-state index contributed by atoms with van der Waals surface area (Å²) in [6, 6.07) is 7.78. The minimum Gasteiger partial charge on any atom is -0.454 e. The first kappa shape index (κ1) is 14.0. The first-order valence-corrected chi connectivity index (χ1v) is 7.99. The van der Waals surface area contributed by atoms with Crippen LogP contribution in [0, 0.1) is 11.3 Å². The molecule has 0 saturated heterocycles. The van der Waals surface area contributed by atoms with Crippen molar-refractivity contribution in [3.05, 3.63) is 28.9 Å². The highest BCUT2D eigenvalue weighted by Crippen LogP contribution is 2.37. The molecule has 0 unspecified atom stereocenters. The number of aromatic nitrogens is 3. The molecule has 4 rings (SSSR count). The van der Waals surface area contributed by atoms with E-state index in [9.17, 15) is 5.26 Å². The fourth-order valence-electron chi connectivity index (χ4n) is 2.40. The number of hydrogen-bond donors (Lipinski definition) is 0. The lowest BCUT2D eigenvalue weighted by Gasteiger charge is -2.12. The summed E-state index contributed by atoms with van der Waals surface area (Å²) in [6.45, 7) is 6.50. The number of nitriles is 1. The van der Waals surface area contributed by atoms with Gasteiger partial charge in [0.15, 0.2) is 17.2 Å². The van der Waals surface area contributed by atoms with Crippen LogP contribution >= 0.6 is 11.3 Å². The van der Waals surface area contributed by atoms with Crippen molar-refractivity contribution >= 4 is 16.3 Å². The quantitative estimate of drug-likeness (QED) is 0.685. The van der Waals surface area contributed by atoms with E-state index in [1.165, 1.54) is 11.3 Å². The number of benzene rings is 1. The Hall–Kier alpha value is -2.59. The van der Waals surface area contributed by atoms with Gasteiger partial charge in [0.05, 0.1) is 0 Å². The molecule has 0 N–H and O–H groups in total. The van der Waals surface area contributed by atoms with E-state index in [-0.39, 0.29) is 12.2 Å². The van der Waals surface area contributed by atoms with Gasteiger partial charge in [-0.3, -0.25) is 0 Å². The molecule has 7 heteroatoms. The molecule has 0 aliphatic carbocycles. The molecule has 0 amide bonds. The standard InChI is InChI=1S/C16H14N4O2S/c1-16(2,3)14-19-20-10(7-17)13(18-15(20)23-14)9-4-5-11-12(6-9)22-8-21-11/h4-6H,8H2,1-3H3. The SMILES string of the molecule is CC(C)(C)c1nn2c(C#N)c(-c3ccc4c(c3)OCO4)nc2s1. The molecule has 3 aromatic rings. The summed E-state index contributed by atoms with van der Waals surface area (Å²) in [5.74, 6) is 1.38. The molecule has 0 fully saturated rings. The van der Waals surface area contributed by atoms with Crippen LogP contribution in [0.15, 0.2) is 18.2 Å². The van der Waals surface area contributed by atoms with Crippen molar-refractivity contribution < 1.29 is 9.47 Å². The Labute approximate surface area is 136 Å². The highest BCUT2D eigenvalue weighted by molar-refractivity contribution is 7.16. The highest BCUT2D eigenvalue weighted by Gasteiger charge is 2.24. The monoisotopic (exact) mass is 326 g/mol. The topological polar surface area (TPSA) is 72.4 Å². The van der Waals surface area contributed by atoms with Crippen molar-refractivity contribution in [1.29, 1.82) is 5.26 Å². The average Bonchev–Trinajstić information content (AvgIpc) is 3.18. The molecular formula is C16H14N4O2S. The minimum absolute atomic E-state index is 0.0724. The van der Waals surface area contributed by atoms with E-state index in [4.69, 9.17) is 9.47 Å². The van der Waals surface area contributed by atoms with Crippen molar-refractivity contribution in [2.24, 2.45) is 0 Å². The largest absolute Gasteiger partial charge is 0.454 e. The third-order valence-electron chi connectivity index (χ3n) is 3.60. The Balaban J connectivity index is 1.88. The summed E-state index contributed by atoms with van der Waals surface area (Å²) in [6.07, 6.45) is 0. The molecular weight excluding hydrogens is 312 g/mol. The van der Waals surface area contributed by atoms with E-state index in [2.05, 4.69) is 36.9 Å². The third-order valence-corrected chi connectivity index (χ3v) is 4.93. The number of hydrogen-bond acceptors (Lipinski definition) is 6. The Morgan fingerprint density at radius 3 is 2.78 bits per heavy atom. The van der Waals surface area contributed by atoms with Crippen molar-refractivity contribution in [1.82, 2.24) is 14.6 Å². The van der Waals surface area contributed by atoms with Gasteiger partial charge >= 0.3 is 0 Å². The van der Waals surface area contributed by atoms with Crippen molar-refractivity contribution in [2.75, 3.05) is 6.79 Å². The number of nitrogens with zero attached hydrogens (tertiary/aromatic N) is 4. The van der Waals surface area contributed by atoms with E-state index < -0.39 is 0 Å². The molecule has 2 aromatic heterocycles. The summed E-state index contributed by atoms with van der Waals surface area (Å²) < 4.78 is 12.4. The number of fused-ring (bicyclic) bond motifs is 2. The lowest BCUT2D eigenvalue weighted by molar-refractivity contribution is 0.174. The lowest BCUT2D eigenvalue weighted by atomic mass is 9.98. The van der Waals surface area contributed by atoms with Gasteiger partial charge in [-0.15, -0.1) is 0 Å². The normalized spacial score (nSPS) is 13.5. The van der Waals surface area contributed by atoms with Gasteiger partial charge < -0.3 is 9.47 Å². The molecule has 0 saturated carbocycles. The summed E-state index contributed by atoms with van der Waals surface area (Å²) in [7, 11) is 0. The van der Waals surface area contributed by atoms with Crippen LogP contribution in [0.25, 0.3) is 16.2 Å². The molecule has 0 radical (unpaired) electrons. The van der Waals surface area contributed by atoms with Crippen LogP contribution in [0.4, 0.5) is 0 Å². The Bertz CT molecular complexity index is 959. The van der Waals surface area contributed by atoms with Gasteiger partial charge in [-0.1, -0.05) is 32.1 Å². The van der Waals surface area contributed by atoms with Gasteiger partial charge in [-0.2, -0.15) is 14.9 Å². The molecule has 0 bridgehead atoms. The Morgan fingerprint density at radius 2 is 2.04 bits per heavy atom. The van der Waals surface area contributed by atoms with Crippen LogP contribution in [-0.4, -0.2) is 21.4 Å². The Kier molecular flexibility index (Phi) is 2.87. The maximum absolute atomic E-state index is 9.57. The molecule has 0 spiro atoms. The summed E-state index contributed by atoms with van der Waals surface area (Å²) in [5, 5.41) is 15.1. The third kappa shape index (κ3) is 2.14. The van der Waals surface area contributed by atoms with E-state index in [0.29, 0.717) is 22.9 Å². The van der Waals surface area contributed by atoms with E-state index in [0.717, 1.165) is 15.5 Å². The predicted molar refractivity (Wildman–Crippen MR) is 85.8 cm³/mol. The van der Waals surface area contributed by atoms with Crippen LogP contribution in [0.3, 0.4) is 0 Å². The van der Waals surface area contributed by atoms with E-state index in [1.54, 1.807) is 4.52 Å². The van der Waals surface area contributed by atoms with Gasteiger partial charge in [0.2, 0.25) is 11.8 Å². The highest BCUT2D eigenvalue weighted by atomic mass is 32.1. The van der Waals surface area contributed by atoms with Crippen molar-refractivity contribution in [3.63, 3.8) is 0 Å². The zero-order valence-corrected chi connectivity index (χ0v) is 13.8. The van der Waals surface area contributed by atoms with Crippen LogP contribution in [0.2, 0.25) is 0 Å². The molecule has 3 heterocycles. The number of rotatable bonds is 1. The molecule has 23 heavy (non-hydrogen) atoms. The average molecular weight is 326 g/mol. The van der Waals surface area contributed by atoms with Gasteiger partial charge in [0.25, 0.3) is 0 Å². The maximum Gasteiger partial charge on any atom is 0.231 e. The smallest absolute Gasteiger partial charge is 0.231 e. The minimum atomic E-state index is -0.0724. The number of imidazole rings is 1. The molecule has 0 atom stereocenters. The Morgan fingerprint density at radius 1 is 1.26 bits per heavy atom. The summed E-state index contributed by atoms with van der Waals surface area (Å²) in [5.41, 5.74) is 1.80. The summed E-state index contributed by atoms with van der Waals surface area (Å²) >= 11 is 1.51. The predicted octanol–water partition coefficient (Wildman–Crippen LogP) is 3.36. The van der Waals surface area contributed by atoms with Crippen LogP contribution in [-0.2, 0) is 5.41 Å². The second-order valence-electron chi connectivity index (χ2n) is 6.34. The molecule has 1 aliphatic rings. The van der Waals surface area contributed by atoms with Crippen LogP contribution < -0.4 is 9.47 Å². The zero-order valence-electron chi connectivity index (χ0n) is 13.0. The van der Waals surface area contributed by atoms with Gasteiger partial charge in [-0.25, -0.2) is 4.98 Å².